The Labute approximate surface area is 120 Å². The van der Waals surface area contributed by atoms with E-state index in [0.717, 1.165) is 4.31 Å². The Morgan fingerprint density at radius 2 is 2.00 bits per heavy atom. The molecule has 0 bridgehead atoms. The molecule has 114 valence electrons. The average Bonchev–Trinajstić information content (AvgIpc) is 2.95. The molecule has 2 aromatic rings. The second-order valence-electron chi connectivity index (χ2n) is 4.22. The van der Waals surface area contributed by atoms with Crippen LogP contribution in [-0.4, -0.2) is 36.6 Å². The molecule has 6 nitrogen and oxygen atoms in total. The number of aromatic nitrogens is 2. The maximum absolute atomic E-state index is 12.2. The van der Waals surface area contributed by atoms with E-state index in [9.17, 15) is 17.2 Å². The molecule has 0 spiro atoms. The third-order valence-corrected chi connectivity index (χ3v) is 4.50. The Kier molecular flexibility index (Phi) is 4.53. The van der Waals surface area contributed by atoms with Crippen molar-refractivity contribution < 1.29 is 21.9 Å². The zero-order valence-electron chi connectivity index (χ0n) is 11.0. The van der Waals surface area contributed by atoms with Crippen molar-refractivity contribution in [3.63, 3.8) is 0 Å². The number of hydrogen-bond donors (Lipinski definition) is 1. The average molecular weight is 317 g/mol. The van der Waals surface area contributed by atoms with E-state index in [-0.39, 0.29) is 17.2 Å². The normalized spacial score (nSPS) is 12.0. The van der Waals surface area contributed by atoms with E-state index in [1.807, 2.05) is 0 Å². The van der Waals surface area contributed by atoms with Crippen LogP contribution in [0.15, 0.2) is 41.6 Å². The van der Waals surface area contributed by atoms with Gasteiger partial charge in [0, 0.05) is 19.8 Å². The molecule has 1 aromatic carbocycles. The van der Waals surface area contributed by atoms with Crippen LogP contribution in [0, 0.1) is 0 Å². The lowest BCUT2D eigenvalue weighted by atomic mass is 10.2. The number of nitrogens with zero attached hydrogens (tertiary/aromatic N) is 2. The first kappa shape index (κ1) is 15.4. The Balaban J connectivity index is 2.08. The highest BCUT2D eigenvalue weighted by molar-refractivity contribution is 7.89. The summed E-state index contributed by atoms with van der Waals surface area (Å²) in [6.07, 6.45) is 2.50. The van der Waals surface area contributed by atoms with Crippen LogP contribution in [0.5, 0.6) is 5.75 Å². The number of aromatic amines is 1. The van der Waals surface area contributed by atoms with Gasteiger partial charge in [-0.25, -0.2) is 8.42 Å². The minimum Gasteiger partial charge on any atom is -0.435 e. The van der Waals surface area contributed by atoms with Crippen LogP contribution in [0.2, 0.25) is 0 Å². The predicted molar refractivity (Wildman–Crippen MR) is 70.3 cm³/mol. The summed E-state index contributed by atoms with van der Waals surface area (Å²) in [5.41, 5.74) is 0.645. The SMILES string of the molecule is CN(Cc1ccc(OC(F)F)cc1)S(=O)(=O)c1cn[nH]c1. The van der Waals surface area contributed by atoms with Gasteiger partial charge in [-0.05, 0) is 17.7 Å². The molecule has 0 aliphatic heterocycles. The molecule has 0 saturated heterocycles. The Morgan fingerprint density at radius 3 is 2.52 bits per heavy atom. The summed E-state index contributed by atoms with van der Waals surface area (Å²) in [6, 6.07) is 5.78. The lowest BCUT2D eigenvalue weighted by Gasteiger charge is -2.16. The quantitative estimate of drug-likeness (QED) is 0.882. The summed E-state index contributed by atoms with van der Waals surface area (Å²) in [7, 11) is -2.21. The summed E-state index contributed by atoms with van der Waals surface area (Å²) in [4.78, 5) is 0.0580. The minimum absolute atomic E-state index is 0.0223. The van der Waals surface area contributed by atoms with Gasteiger partial charge in [-0.2, -0.15) is 18.2 Å². The van der Waals surface area contributed by atoms with Gasteiger partial charge in [0.2, 0.25) is 10.0 Å². The highest BCUT2D eigenvalue weighted by Crippen LogP contribution is 2.18. The summed E-state index contributed by atoms with van der Waals surface area (Å²) in [5.74, 6) is 0.0223. The number of sulfonamides is 1. The van der Waals surface area contributed by atoms with Crippen LogP contribution < -0.4 is 4.74 Å². The number of halogens is 2. The molecule has 0 atom stereocenters. The molecule has 0 saturated carbocycles. The number of hydrogen-bond acceptors (Lipinski definition) is 4. The highest BCUT2D eigenvalue weighted by Gasteiger charge is 2.21. The van der Waals surface area contributed by atoms with Gasteiger partial charge in [-0.15, -0.1) is 0 Å². The van der Waals surface area contributed by atoms with Gasteiger partial charge in [0.1, 0.15) is 10.6 Å². The van der Waals surface area contributed by atoms with Crippen LogP contribution in [0.1, 0.15) is 5.56 Å². The molecule has 0 amide bonds. The van der Waals surface area contributed by atoms with Gasteiger partial charge in [0.25, 0.3) is 0 Å². The molecular weight excluding hydrogens is 304 g/mol. The van der Waals surface area contributed by atoms with Crippen LogP contribution in [0.3, 0.4) is 0 Å². The first-order valence-corrected chi connectivity index (χ1v) is 7.32. The molecule has 2 rings (SSSR count). The van der Waals surface area contributed by atoms with Gasteiger partial charge in [0.15, 0.2) is 0 Å². The second kappa shape index (κ2) is 6.19. The Morgan fingerprint density at radius 1 is 1.33 bits per heavy atom. The molecule has 0 fully saturated rings. The molecule has 1 N–H and O–H groups in total. The van der Waals surface area contributed by atoms with E-state index in [2.05, 4.69) is 14.9 Å². The van der Waals surface area contributed by atoms with Crippen molar-refractivity contribution in [3.05, 3.63) is 42.2 Å². The van der Waals surface area contributed by atoms with Crippen molar-refractivity contribution in [2.75, 3.05) is 7.05 Å². The third-order valence-electron chi connectivity index (χ3n) is 2.74. The zero-order chi connectivity index (χ0) is 15.5. The zero-order valence-corrected chi connectivity index (χ0v) is 11.8. The monoisotopic (exact) mass is 317 g/mol. The number of rotatable bonds is 6. The summed E-state index contributed by atoms with van der Waals surface area (Å²) >= 11 is 0. The molecule has 1 aromatic heterocycles. The maximum Gasteiger partial charge on any atom is 0.387 e. The van der Waals surface area contributed by atoms with Crippen LogP contribution in [0.25, 0.3) is 0 Å². The molecule has 21 heavy (non-hydrogen) atoms. The lowest BCUT2D eigenvalue weighted by molar-refractivity contribution is -0.0498. The van der Waals surface area contributed by atoms with E-state index in [1.54, 1.807) is 0 Å². The van der Waals surface area contributed by atoms with Crippen molar-refractivity contribution in [1.29, 1.82) is 0 Å². The Hall–Kier alpha value is -2.00. The summed E-state index contributed by atoms with van der Waals surface area (Å²) in [6.45, 7) is -2.79. The summed E-state index contributed by atoms with van der Waals surface area (Å²) < 4.78 is 53.7. The van der Waals surface area contributed by atoms with E-state index in [4.69, 9.17) is 0 Å². The van der Waals surface area contributed by atoms with Crippen molar-refractivity contribution in [2.24, 2.45) is 0 Å². The molecule has 0 aliphatic carbocycles. The predicted octanol–water partition coefficient (Wildman–Crippen LogP) is 1.83. The van der Waals surface area contributed by atoms with E-state index >= 15 is 0 Å². The Bertz CT molecular complexity index is 672. The lowest BCUT2D eigenvalue weighted by Crippen LogP contribution is -2.26. The number of benzene rings is 1. The van der Waals surface area contributed by atoms with Crippen LogP contribution in [0.4, 0.5) is 8.78 Å². The molecule has 0 aliphatic rings. The topological polar surface area (TPSA) is 75.3 Å². The smallest absolute Gasteiger partial charge is 0.387 e. The first-order chi connectivity index (χ1) is 9.89. The van der Waals surface area contributed by atoms with Crippen molar-refractivity contribution in [3.8, 4) is 5.75 Å². The van der Waals surface area contributed by atoms with Crippen LogP contribution >= 0.6 is 0 Å². The second-order valence-corrected chi connectivity index (χ2v) is 6.26. The van der Waals surface area contributed by atoms with Gasteiger partial charge >= 0.3 is 6.61 Å². The molecular formula is C12H13F2N3O3S. The van der Waals surface area contributed by atoms with Gasteiger partial charge < -0.3 is 4.74 Å². The number of ether oxygens (including phenoxy) is 1. The van der Waals surface area contributed by atoms with Gasteiger partial charge in [-0.3, -0.25) is 5.10 Å². The fourth-order valence-electron chi connectivity index (χ4n) is 1.68. The van der Waals surface area contributed by atoms with Crippen molar-refractivity contribution in [1.82, 2.24) is 14.5 Å². The molecule has 0 radical (unpaired) electrons. The standard InChI is InChI=1S/C12H13F2N3O3S/c1-17(21(18,19)11-6-15-16-7-11)8-9-2-4-10(5-3-9)20-12(13)14/h2-7,12H,8H2,1H3,(H,15,16). The number of alkyl halides is 2. The highest BCUT2D eigenvalue weighted by atomic mass is 32.2. The van der Waals surface area contributed by atoms with Crippen molar-refractivity contribution >= 4 is 10.0 Å². The number of nitrogens with one attached hydrogen (secondary N) is 1. The fourth-order valence-corrected chi connectivity index (χ4v) is 2.74. The molecule has 1 heterocycles. The van der Waals surface area contributed by atoms with Gasteiger partial charge in [0.05, 0.1) is 6.20 Å². The molecule has 9 heteroatoms. The van der Waals surface area contributed by atoms with Gasteiger partial charge in [-0.1, -0.05) is 12.1 Å². The van der Waals surface area contributed by atoms with E-state index in [0.29, 0.717) is 5.56 Å². The van der Waals surface area contributed by atoms with Crippen LogP contribution in [-0.2, 0) is 16.6 Å². The largest absolute Gasteiger partial charge is 0.435 e. The van der Waals surface area contributed by atoms with E-state index in [1.165, 1.54) is 43.7 Å². The summed E-state index contributed by atoms with van der Waals surface area (Å²) in [5, 5.41) is 6.04. The third kappa shape index (κ3) is 3.76. The van der Waals surface area contributed by atoms with E-state index < -0.39 is 16.6 Å². The minimum atomic E-state index is -3.63. The van der Waals surface area contributed by atoms with Crippen molar-refractivity contribution in [2.45, 2.75) is 18.1 Å². The first-order valence-electron chi connectivity index (χ1n) is 5.88. The molecule has 0 unspecified atom stereocenters. The number of H-pyrrole nitrogens is 1. The maximum atomic E-state index is 12.2. The fraction of sp³-hybridized carbons (Fsp3) is 0.250.